The van der Waals surface area contributed by atoms with Crippen molar-refractivity contribution in [2.24, 2.45) is 0 Å². The molecule has 1 aliphatic heterocycles. The zero-order valence-corrected chi connectivity index (χ0v) is 35.3. The van der Waals surface area contributed by atoms with Crippen molar-refractivity contribution in [1.82, 2.24) is 23.8 Å². The highest BCUT2D eigenvalue weighted by Crippen LogP contribution is 2.51. The minimum absolute atomic E-state index is 0.00621. The molecular weight excluding hydrogens is 771 g/mol. The highest BCUT2D eigenvalue weighted by molar-refractivity contribution is 7.44. The Kier molecular flexibility index (Phi) is 14.5. The van der Waals surface area contributed by atoms with Gasteiger partial charge in [-0.15, -0.1) is 6.42 Å². The van der Waals surface area contributed by atoms with Crippen LogP contribution >= 0.6 is 8.53 Å². The van der Waals surface area contributed by atoms with Gasteiger partial charge in [-0.25, -0.2) is 14.6 Å². The fraction of sp³-hybridized carbons (Fsp3) is 0.409. The summed E-state index contributed by atoms with van der Waals surface area (Å²) >= 11 is 0. The maximum Gasteiger partial charge on any atom is 0.282 e. The van der Waals surface area contributed by atoms with Crippen LogP contribution in [0, 0.1) is 23.7 Å². The van der Waals surface area contributed by atoms with Gasteiger partial charge in [-0.3, -0.25) is 13.9 Å². The quantitative estimate of drug-likeness (QED) is 0.0373. The number of fused-ring (bicyclic) bond motifs is 1. The smallest absolute Gasteiger partial charge is 0.282 e. The summed E-state index contributed by atoms with van der Waals surface area (Å²) in [5, 5.41) is 9.43. The molecule has 0 radical (unpaired) electrons. The van der Waals surface area contributed by atoms with Crippen molar-refractivity contribution in [2.75, 3.05) is 34.5 Å². The van der Waals surface area contributed by atoms with E-state index in [-0.39, 0.29) is 49.3 Å². The average Bonchev–Trinajstić information content (AvgIpc) is 3.84. The fourth-order valence-electron chi connectivity index (χ4n) is 7.47. The van der Waals surface area contributed by atoms with Crippen LogP contribution in [0.4, 0.5) is 0 Å². The molecule has 14 nitrogen and oxygen atoms in total. The first kappa shape index (κ1) is 43.4. The van der Waals surface area contributed by atoms with E-state index < -0.39 is 38.7 Å². The molecule has 3 heterocycles. The molecule has 0 saturated carbocycles. The summed E-state index contributed by atoms with van der Waals surface area (Å²) in [5.74, 6) is 3.87. The van der Waals surface area contributed by atoms with E-state index in [4.69, 9.17) is 39.2 Å². The number of nitriles is 1. The number of nitrogens with zero attached hydrogens (tertiary/aromatic N) is 6. The van der Waals surface area contributed by atoms with Gasteiger partial charge in [0.1, 0.15) is 41.7 Å². The lowest BCUT2D eigenvalue weighted by Crippen LogP contribution is -2.42. The largest absolute Gasteiger partial charge is 0.497 e. The number of benzene rings is 3. The minimum atomic E-state index is -1.76. The van der Waals surface area contributed by atoms with E-state index in [1.165, 1.54) is 17.2 Å². The molecule has 0 spiro atoms. The molecule has 5 aromatic rings. The van der Waals surface area contributed by atoms with Crippen LogP contribution in [0.3, 0.4) is 0 Å². The molecule has 5 atom stereocenters. The Bertz CT molecular complexity index is 2210. The van der Waals surface area contributed by atoms with Crippen LogP contribution in [0.1, 0.15) is 57.0 Å². The molecule has 0 N–H and O–H groups in total. The molecule has 2 aromatic heterocycles. The second-order valence-corrected chi connectivity index (χ2v) is 15.8. The van der Waals surface area contributed by atoms with Gasteiger partial charge in [0, 0.05) is 19.2 Å². The highest BCUT2D eigenvalue weighted by Gasteiger charge is 2.51. The molecule has 1 saturated heterocycles. The zero-order valence-electron chi connectivity index (χ0n) is 34.4. The average molecular weight is 823 g/mol. The lowest BCUT2D eigenvalue weighted by Gasteiger charge is -2.39. The van der Waals surface area contributed by atoms with E-state index in [0.29, 0.717) is 17.1 Å². The van der Waals surface area contributed by atoms with E-state index in [9.17, 15) is 10.1 Å². The Morgan fingerprint density at radius 1 is 0.881 bits per heavy atom. The molecule has 0 amide bonds. The van der Waals surface area contributed by atoms with Gasteiger partial charge in [0.15, 0.2) is 17.4 Å². The zero-order chi connectivity index (χ0) is 42.1. The van der Waals surface area contributed by atoms with Crippen LogP contribution in [0.5, 0.6) is 11.5 Å². The summed E-state index contributed by atoms with van der Waals surface area (Å²) < 4.78 is 50.3. The van der Waals surface area contributed by atoms with Crippen LogP contribution in [0.2, 0.25) is 0 Å². The predicted octanol–water partition coefficient (Wildman–Crippen LogP) is 6.83. The third-order valence-electron chi connectivity index (χ3n) is 10.2. The Hall–Kier alpha value is -5.15. The molecule has 15 heteroatoms. The van der Waals surface area contributed by atoms with Gasteiger partial charge in [-0.1, -0.05) is 60.5 Å². The van der Waals surface area contributed by atoms with E-state index in [2.05, 4.69) is 54.3 Å². The second-order valence-electron chi connectivity index (χ2n) is 14.4. The Balaban J connectivity index is 1.49. The molecule has 0 bridgehead atoms. The summed E-state index contributed by atoms with van der Waals surface area (Å²) in [6.45, 7) is 8.50. The molecule has 0 aliphatic carbocycles. The first-order valence-corrected chi connectivity index (χ1v) is 20.5. The van der Waals surface area contributed by atoms with Gasteiger partial charge in [-0.05, 0) is 68.7 Å². The van der Waals surface area contributed by atoms with E-state index in [1.54, 1.807) is 25.9 Å². The number of hydrogen-bond acceptors (Lipinski definition) is 12. The summed E-state index contributed by atoms with van der Waals surface area (Å²) in [4.78, 5) is 22.4. The van der Waals surface area contributed by atoms with Crippen LogP contribution in [-0.2, 0) is 35.4 Å². The number of aromatic nitrogens is 4. The summed E-state index contributed by atoms with van der Waals surface area (Å²) in [6, 6.07) is 27.8. The van der Waals surface area contributed by atoms with Gasteiger partial charge in [-0.2, -0.15) is 5.26 Å². The fourth-order valence-corrected chi connectivity index (χ4v) is 9.24. The van der Waals surface area contributed by atoms with E-state index in [1.807, 2.05) is 78.9 Å². The number of rotatable bonds is 19. The molecule has 59 heavy (non-hydrogen) atoms. The standard InChI is InChI=1S/C44H51N6O8P/c1-9-25-48-28-47-41-38(42(48)51)46-29-49(41)43-40(54-8)39(58-59(56-26-13-24-45)50(30(2)3)31(4)5)37(57-43)27-55-44(32-14-11-10-12-15-32,33-16-20-35(52-6)21-17-33)34-18-22-36(53-7)23-19-34/h1,10-12,14-23,28-31,37,39-40,43H,13,25-27H2,2-8H3/t37-,39-,40-,43-,59?/m1/s1. The van der Waals surface area contributed by atoms with Crippen molar-refractivity contribution in [3.8, 4) is 29.9 Å². The van der Waals surface area contributed by atoms with E-state index >= 15 is 0 Å². The Morgan fingerprint density at radius 3 is 2.03 bits per heavy atom. The lowest BCUT2D eigenvalue weighted by molar-refractivity contribution is -0.0938. The topological polar surface area (TPSA) is 144 Å². The normalized spacial score (nSPS) is 18.6. The van der Waals surface area contributed by atoms with Gasteiger partial charge < -0.3 is 32.7 Å². The van der Waals surface area contributed by atoms with Crippen molar-refractivity contribution in [1.29, 1.82) is 5.26 Å². The number of terminal acetylenes is 1. The number of ether oxygens (including phenoxy) is 5. The monoisotopic (exact) mass is 822 g/mol. The molecule has 6 rings (SSSR count). The van der Waals surface area contributed by atoms with E-state index in [0.717, 1.165) is 16.7 Å². The molecule has 1 unspecified atom stereocenters. The number of methoxy groups -OCH3 is 3. The summed E-state index contributed by atoms with van der Waals surface area (Å²) in [7, 11) is 3.07. The maximum atomic E-state index is 13.4. The summed E-state index contributed by atoms with van der Waals surface area (Å²) in [6.07, 6.45) is 5.40. The van der Waals surface area contributed by atoms with Gasteiger partial charge in [0.2, 0.25) is 0 Å². The highest BCUT2D eigenvalue weighted by atomic mass is 31.2. The third kappa shape index (κ3) is 9.05. The van der Waals surface area contributed by atoms with Crippen molar-refractivity contribution in [3.63, 3.8) is 0 Å². The van der Waals surface area contributed by atoms with Gasteiger partial charge in [0.05, 0.1) is 52.8 Å². The molecule has 310 valence electrons. The van der Waals surface area contributed by atoms with Crippen molar-refractivity contribution in [2.45, 2.75) is 82.9 Å². The predicted molar refractivity (Wildman–Crippen MR) is 224 cm³/mol. The second kappa shape index (κ2) is 19.7. The number of hydrogen-bond donors (Lipinski definition) is 0. The van der Waals surface area contributed by atoms with Crippen molar-refractivity contribution < 1.29 is 32.7 Å². The first-order valence-electron chi connectivity index (χ1n) is 19.4. The van der Waals surface area contributed by atoms with Crippen LogP contribution in [0.15, 0.2) is 96.3 Å². The van der Waals surface area contributed by atoms with Crippen LogP contribution in [0.25, 0.3) is 11.2 Å². The van der Waals surface area contributed by atoms with Crippen molar-refractivity contribution in [3.05, 3.63) is 119 Å². The molecule has 3 aromatic carbocycles. The Labute approximate surface area is 346 Å². The van der Waals surface area contributed by atoms with Gasteiger partial charge >= 0.3 is 0 Å². The van der Waals surface area contributed by atoms with Crippen molar-refractivity contribution >= 4 is 19.7 Å². The first-order chi connectivity index (χ1) is 28.6. The van der Waals surface area contributed by atoms with Gasteiger partial charge in [0.25, 0.3) is 14.1 Å². The number of imidazole rings is 1. The molecule has 1 aliphatic rings. The molecule has 1 fully saturated rings. The Morgan fingerprint density at radius 2 is 1.49 bits per heavy atom. The third-order valence-corrected chi connectivity index (χ3v) is 12.3. The van der Waals surface area contributed by atoms with Crippen LogP contribution < -0.4 is 15.0 Å². The minimum Gasteiger partial charge on any atom is -0.497 e. The van der Waals surface area contributed by atoms with Crippen LogP contribution in [-0.4, -0.2) is 88.7 Å². The SMILES string of the molecule is C#CCn1cnc2c(ncn2[C@@H]2O[C@H](COC(c3ccccc3)(c3ccc(OC)cc3)c3ccc(OC)cc3)[C@@H](OP(OCCC#N)N(C(C)C)C(C)C)[C@H]2OC)c1=O. The summed E-state index contributed by atoms with van der Waals surface area (Å²) in [5.41, 5.74) is 1.42. The lowest BCUT2D eigenvalue weighted by atomic mass is 9.80. The maximum absolute atomic E-state index is 13.4. The molecular formula is C44H51N6O8P.